The van der Waals surface area contributed by atoms with Gasteiger partial charge in [-0.1, -0.05) is 12.8 Å². The lowest BCUT2D eigenvalue weighted by Gasteiger charge is -2.27. The van der Waals surface area contributed by atoms with Crippen molar-refractivity contribution in [2.75, 3.05) is 12.4 Å². The number of aromatic nitrogens is 1. The van der Waals surface area contributed by atoms with Gasteiger partial charge in [-0.25, -0.2) is 4.98 Å². The molecule has 1 N–H and O–H groups in total. The Kier molecular flexibility index (Phi) is 4.42. The van der Waals surface area contributed by atoms with Gasteiger partial charge in [0.2, 0.25) is 0 Å². The summed E-state index contributed by atoms with van der Waals surface area (Å²) in [5.74, 6) is -0.00773. The van der Waals surface area contributed by atoms with E-state index in [1.807, 2.05) is 0 Å². The van der Waals surface area contributed by atoms with Crippen molar-refractivity contribution < 1.29 is 9.72 Å². The maximum atomic E-state index is 12.4. The Morgan fingerprint density at radius 3 is 2.68 bits per heavy atom. The fraction of sp³-hybridized carbons (Fsp3) is 0.583. The number of carbonyl (C=O) groups is 1. The summed E-state index contributed by atoms with van der Waals surface area (Å²) >= 11 is 5.75. The number of nitrogens with one attached hydrogen (secondary N) is 1. The quantitative estimate of drug-likeness (QED) is 0.513. The zero-order chi connectivity index (χ0) is 13.8. The van der Waals surface area contributed by atoms with Crippen molar-refractivity contribution in [2.45, 2.75) is 31.7 Å². The van der Waals surface area contributed by atoms with E-state index in [4.69, 9.17) is 11.6 Å². The molecule has 0 spiro atoms. The zero-order valence-corrected chi connectivity index (χ0v) is 11.2. The second-order valence-corrected chi connectivity index (χ2v) is 5.02. The van der Waals surface area contributed by atoms with E-state index in [-0.39, 0.29) is 23.5 Å². The number of nitrogens with zero attached hydrogens (tertiary/aromatic N) is 2. The van der Waals surface area contributed by atoms with Gasteiger partial charge in [0.05, 0.1) is 0 Å². The molecule has 1 aromatic rings. The molecule has 2 rings (SSSR count). The van der Waals surface area contributed by atoms with Crippen molar-refractivity contribution in [3.05, 3.63) is 27.9 Å². The van der Waals surface area contributed by atoms with E-state index in [9.17, 15) is 14.9 Å². The van der Waals surface area contributed by atoms with Crippen molar-refractivity contribution in [2.24, 2.45) is 0 Å². The molecular weight excluding hydrogens is 270 g/mol. The molecule has 104 valence electrons. The van der Waals surface area contributed by atoms with E-state index < -0.39 is 4.92 Å². The van der Waals surface area contributed by atoms with Crippen LogP contribution >= 0.6 is 11.6 Å². The van der Waals surface area contributed by atoms with Crippen LogP contribution in [0.15, 0.2) is 12.1 Å². The predicted molar refractivity (Wildman–Crippen MR) is 71.5 cm³/mol. The Balaban J connectivity index is 2.15. The number of hydrogen-bond donors (Lipinski definition) is 1. The molecule has 1 heterocycles. The Morgan fingerprint density at radius 1 is 1.47 bits per heavy atom. The third-order valence-corrected chi connectivity index (χ3v) is 3.62. The summed E-state index contributed by atoms with van der Waals surface area (Å²) in [5, 5.41) is 10.6. The highest BCUT2D eigenvalue weighted by Gasteiger charge is 2.29. The molecule has 19 heavy (non-hydrogen) atoms. The summed E-state index contributed by atoms with van der Waals surface area (Å²) in [4.78, 5) is 26.7. The van der Waals surface area contributed by atoms with Crippen LogP contribution in [0.1, 0.15) is 36.2 Å². The first kappa shape index (κ1) is 13.9. The third-order valence-electron chi connectivity index (χ3n) is 3.45. The minimum atomic E-state index is -0.543. The number of halogens is 1. The van der Waals surface area contributed by atoms with Crippen molar-refractivity contribution >= 4 is 23.3 Å². The summed E-state index contributed by atoms with van der Waals surface area (Å²) < 4.78 is 0. The van der Waals surface area contributed by atoms with Crippen molar-refractivity contribution in [1.82, 2.24) is 9.88 Å². The molecule has 1 fully saturated rings. The Bertz CT molecular complexity index is 469. The molecule has 0 radical (unpaired) electrons. The maximum Gasteiger partial charge on any atom is 0.321 e. The van der Waals surface area contributed by atoms with Crippen LogP contribution in [0.4, 0.5) is 5.82 Å². The third kappa shape index (κ3) is 3.07. The average molecular weight is 286 g/mol. The fourth-order valence-electron chi connectivity index (χ4n) is 2.53. The first-order valence-electron chi connectivity index (χ1n) is 6.34. The standard InChI is InChI=1S/C12H16ClN3O3/c13-7-8-15(9-3-1-2-4-9)12(17)10-5-6-11(14-10)16(18)19/h5-6,9,14H,1-4,7-8H2. The number of rotatable bonds is 5. The molecule has 0 atom stereocenters. The van der Waals surface area contributed by atoms with Gasteiger partial charge >= 0.3 is 5.82 Å². The predicted octanol–water partition coefficient (Wildman–Crippen LogP) is 2.55. The van der Waals surface area contributed by atoms with Gasteiger partial charge in [-0.2, -0.15) is 0 Å². The number of carbonyl (C=O) groups excluding carboxylic acids is 1. The normalized spacial score (nSPS) is 15.6. The van der Waals surface area contributed by atoms with Gasteiger partial charge in [-0.15, -0.1) is 11.6 Å². The highest BCUT2D eigenvalue weighted by Crippen LogP contribution is 2.25. The van der Waals surface area contributed by atoms with E-state index in [1.165, 1.54) is 12.1 Å². The number of hydrogen-bond acceptors (Lipinski definition) is 3. The summed E-state index contributed by atoms with van der Waals surface area (Å²) in [6, 6.07) is 2.96. The molecular formula is C12H16ClN3O3. The second-order valence-electron chi connectivity index (χ2n) is 4.64. The fourth-order valence-corrected chi connectivity index (χ4v) is 2.71. The van der Waals surface area contributed by atoms with E-state index >= 15 is 0 Å². The van der Waals surface area contributed by atoms with Crippen molar-refractivity contribution in [3.8, 4) is 0 Å². The van der Waals surface area contributed by atoms with Crippen LogP contribution < -0.4 is 0 Å². The first-order chi connectivity index (χ1) is 9.13. The molecule has 7 heteroatoms. The first-order valence-corrected chi connectivity index (χ1v) is 6.87. The lowest BCUT2D eigenvalue weighted by molar-refractivity contribution is -0.389. The maximum absolute atomic E-state index is 12.4. The summed E-state index contributed by atoms with van der Waals surface area (Å²) in [6.07, 6.45) is 4.18. The summed E-state index contributed by atoms with van der Waals surface area (Å²) in [5.41, 5.74) is 0.253. The van der Waals surface area contributed by atoms with E-state index in [0.29, 0.717) is 12.4 Å². The minimum Gasteiger partial charge on any atom is -0.358 e. The lowest BCUT2D eigenvalue weighted by Crippen LogP contribution is -2.40. The van der Waals surface area contributed by atoms with Gasteiger partial charge in [0, 0.05) is 24.5 Å². The smallest absolute Gasteiger partial charge is 0.321 e. The number of nitro groups is 1. The molecule has 0 aliphatic heterocycles. The lowest BCUT2D eigenvalue weighted by atomic mass is 10.2. The van der Waals surface area contributed by atoms with Gasteiger partial charge in [0.15, 0.2) is 5.69 Å². The molecule has 1 saturated carbocycles. The topological polar surface area (TPSA) is 79.2 Å². The zero-order valence-electron chi connectivity index (χ0n) is 10.5. The average Bonchev–Trinajstić information content (AvgIpc) is 3.05. The van der Waals surface area contributed by atoms with Crippen molar-refractivity contribution in [3.63, 3.8) is 0 Å². The van der Waals surface area contributed by atoms with E-state index in [1.54, 1.807) is 4.90 Å². The monoisotopic (exact) mass is 285 g/mol. The molecule has 1 amide bonds. The van der Waals surface area contributed by atoms with Gasteiger partial charge in [0.25, 0.3) is 5.91 Å². The SMILES string of the molecule is O=C(c1ccc([N+](=O)[O-])[nH]1)N(CCCl)C1CCCC1. The van der Waals surface area contributed by atoms with Crippen LogP contribution in [0, 0.1) is 10.1 Å². The Labute approximate surface area is 115 Å². The van der Waals surface area contributed by atoms with Crippen LogP contribution in [0.25, 0.3) is 0 Å². The van der Waals surface area contributed by atoms with E-state index in [2.05, 4.69) is 4.98 Å². The number of alkyl halides is 1. The van der Waals surface area contributed by atoms with Crippen molar-refractivity contribution in [1.29, 1.82) is 0 Å². The second kappa shape index (κ2) is 6.06. The summed E-state index contributed by atoms with van der Waals surface area (Å²) in [7, 11) is 0. The summed E-state index contributed by atoms with van der Waals surface area (Å²) in [6.45, 7) is 0.470. The van der Waals surface area contributed by atoms with Crippen LogP contribution in [0.2, 0.25) is 0 Å². The van der Waals surface area contributed by atoms with Crippen LogP contribution in [0.3, 0.4) is 0 Å². The van der Waals surface area contributed by atoms with Crippen LogP contribution in [0.5, 0.6) is 0 Å². The van der Waals surface area contributed by atoms with Crippen LogP contribution in [-0.2, 0) is 0 Å². The highest BCUT2D eigenvalue weighted by molar-refractivity contribution is 6.18. The number of aromatic amines is 1. The molecule has 6 nitrogen and oxygen atoms in total. The van der Waals surface area contributed by atoms with E-state index in [0.717, 1.165) is 25.7 Å². The Morgan fingerprint density at radius 2 is 2.16 bits per heavy atom. The molecule has 0 saturated heterocycles. The number of H-pyrrole nitrogens is 1. The molecule has 1 aromatic heterocycles. The Hall–Kier alpha value is -1.56. The largest absolute Gasteiger partial charge is 0.358 e. The van der Waals surface area contributed by atoms with Gasteiger partial charge in [-0.05, 0) is 23.8 Å². The van der Waals surface area contributed by atoms with Gasteiger partial charge in [0.1, 0.15) is 0 Å². The molecule has 1 aliphatic rings. The molecule has 0 aromatic carbocycles. The van der Waals surface area contributed by atoms with Crippen LogP contribution in [-0.4, -0.2) is 39.2 Å². The highest BCUT2D eigenvalue weighted by atomic mass is 35.5. The van der Waals surface area contributed by atoms with Gasteiger partial charge < -0.3 is 15.0 Å². The molecule has 0 bridgehead atoms. The number of amides is 1. The molecule has 1 aliphatic carbocycles. The van der Waals surface area contributed by atoms with Gasteiger partial charge in [-0.3, -0.25) is 4.79 Å². The minimum absolute atomic E-state index is 0.166. The molecule has 0 unspecified atom stereocenters.